The topological polar surface area (TPSA) is 92.7 Å². The molecule has 6 heteroatoms. The minimum Gasteiger partial charge on any atom is -0.480 e. The molecule has 2 N–H and O–H groups in total. The number of hydrogen-bond acceptors (Lipinski definition) is 4. The number of esters is 1. The van der Waals surface area contributed by atoms with Crippen LogP contribution in [0.25, 0.3) is 0 Å². The first kappa shape index (κ1) is 50.9. The van der Waals surface area contributed by atoms with Crippen LogP contribution in [0.3, 0.4) is 0 Å². The van der Waals surface area contributed by atoms with Crippen molar-refractivity contribution < 1.29 is 24.2 Å². The van der Waals surface area contributed by atoms with Gasteiger partial charge >= 0.3 is 11.9 Å². The molecule has 1 amide bonds. The Balaban J connectivity index is 4.16. The number of nitrogens with one attached hydrogen (secondary N) is 1. The summed E-state index contributed by atoms with van der Waals surface area (Å²) < 4.78 is 6.00. The van der Waals surface area contributed by atoms with Crippen LogP contribution in [0.2, 0.25) is 0 Å². The van der Waals surface area contributed by atoms with Crippen LogP contribution in [0.1, 0.15) is 200 Å². The van der Waals surface area contributed by atoms with E-state index in [0.29, 0.717) is 12.8 Å². The van der Waals surface area contributed by atoms with Crippen LogP contribution in [0.5, 0.6) is 0 Å². The Bertz CT molecular complexity index is 1050. The fraction of sp³-hybridized carbons (Fsp3) is 0.688. The van der Waals surface area contributed by atoms with E-state index in [1.807, 2.05) is 0 Å². The van der Waals surface area contributed by atoms with E-state index in [4.69, 9.17) is 9.84 Å². The maximum atomic E-state index is 12.8. The van der Waals surface area contributed by atoms with Gasteiger partial charge in [0.1, 0.15) is 12.6 Å². The zero-order valence-corrected chi connectivity index (χ0v) is 34.8. The average molecular weight is 752 g/mol. The van der Waals surface area contributed by atoms with Crippen molar-refractivity contribution in [3.05, 3.63) is 72.9 Å². The minimum atomic E-state index is -1.02. The average Bonchev–Trinajstić information content (AvgIpc) is 3.16. The summed E-state index contributed by atoms with van der Waals surface area (Å²) >= 11 is 0. The van der Waals surface area contributed by atoms with E-state index in [2.05, 4.69) is 92.1 Å². The Kier molecular flexibility index (Phi) is 40.1. The molecule has 0 spiro atoms. The molecule has 0 aromatic heterocycles. The normalized spacial score (nSPS) is 12.8. The highest BCUT2D eigenvalue weighted by atomic mass is 16.5. The summed E-state index contributed by atoms with van der Waals surface area (Å²) in [6.07, 6.45) is 57.4. The van der Waals surface area contributed by atoms with Crippen LogP contribution in [0, 0.1) is 0 Å². The van der Waals surface area contributed by atoms with Crippen molar-refractivity contribution in [1.29, 1.82) is 0 Å². The fourth-order valence-electron chi connectivity index (χ4n) is 6.13. The van der Waals surface area contributed by atoms with Gasteiger partial charge in [-0.1, -0.05) is 157 Å². The van der Waals surface area contributed by atoms with Crippen LogP contribution in [0.15, 0.2) is 72.9 Å². The molecule has 0 aliphatic heterocycles. The van der Waals surface area contributed by atoms with Crippen LogP contribution in [0.4, 0.5) is 0 Å². The molecule has 1 unspecified atom stereocenters. The number of carbonyl (C=O) groups excluding carboxylic acids is 2. The Morgan fingerprint density at radius 1 is 0.500 bits per heavy atom. The molecule has 1 atom stereocenters. The molecule has 0 fully saturated rings. The minimum absolute atomic E-state index is 0.0251. The summed E-state index contributed by atoms with van der Waals surface area (Å²) in [4.78, 5) is 35.0. The summed E-state index contributed by atoms with van der Waals surface area (Å²) in [7, 11) is 0. The van der Waals surface area contributed by atoms with Gasteiger partial charge in [0.25, 0.3) is 0 Å². The van der Waals surface area contributed by atoms with E-state index in [-0.39, 0.29) is 24.5 Å². The molecule has 308 valence electrons. The molecule has 0 aliphatic rings. The number of allylic oxidation sites excluding steroid dienone is 12. The third-order valence-corrected chi connectivity index (χ3v) is 9.36. The molecule has 6 nitrogen and oxygen atoms in total. The van der Waals surface area contributed by atoms with Gasteiger partial charge in [-0.05, 0) is 103 Å². The van der Waals surface area contributed by atoms with Crippen molar-refractivity contribution >= 4 is 17.8 Å². The van der Waals surface area contributed by atoms with Crippen LogP contribution < -0.4 is 5.32 Å². The maximum Gasteiger partial charge on any atom is 0.322 e. The van der Waals surface area contributed by atoms with Gasteiger partial charge < -0.3 is 15.2 Å². The molecule has 54 heavy (non-hydrogen) atoms. The number of unbranched alkanes of at least 4 members (excludes halogenated alkanes) is 16. The highest BCUT2D eigenvalue weighted by Crippen LogP contribution is 2.18. The molecular formula is C48H81NO5. The number of carboxylic acids is 1. The third kappa shape index (κ3) is 41.6. The van der Waals surface area contributed by atoms with Gasteiger partial charge in [-0.2, -0.15) is 0 Å². The molecule has 0 saturated carbocycles. The largest absolute Gasteiger partial charge is 0.480 e. The van der Waals surface area contributed by atoms with E-state index < -0.39 is 5.97 Å². The molecule has 0 rings (SSSR count). The Labute approximate surface area is 332 Å². The Morgan fingerprint density at radius 3 is 1.46 bits per heavy atom. The van der Waals surface area contributed by atoms with Gasteiger partial charge in [0.05, 0.1) is 0 Å². The number of carbonyl (C=O) groups is 3. The Hall–Kier alpha value is -3.15. The zero-order chi connectivity index (χ0) is 39.4. The van der Waals surface area contributed by atoms with Crippen molar-refractivity contribution in [1.82, 2.24) is 5.32 Å². The molecule has 0 aromatic carbocycles. The van der Waals surface area contributed by atoms with Gasteiger partial charge in [-0.3, -0.25) is 14.4 Å². The summed E-state index contributed by atoms with van der Waals surface area (Å²) in [6.45, 7) is 4.08. The third-order valence-electron chi connectivity index (χ3n) is 9.36. The quantitative estimate of drug-likeness (QED) is 0.0371. The van der Waals surface area contributed by atoms with Crippen molar-refractivity contribution in [2.75, 3.05) is 6.54 Å². The van der Waals surface area contributed by atoms with Gasteiger partial charge in [0.15, 0.2) is 0 Å². The molecule has 0 saturated heterocycles. The summed E-state index contributed by atoms with van der Waals surface area (Å²) in [5.74, 6) is -1.27. The molecule has 0 bridgehead atoms. The van der Waals surface area contributed by atoms with Crippen molar-refractivity contribution in [2.45, 2.75) is 206 Å². The van der Waals surface area contributed by atoms with Gasteiger partial charge in [-0.25, -0.2) is 0 Å². The van der Waals surface area contributed by atoms with Gasteiger partial charge in [-0.15, -0.1) is 0 Å². The zero-order valence-electron chi connectivity index (χ0n) is 34.8. The predicted octanol–water partition coefficient (Wildman–Crippen LogP) is 13.8. The number of aliphatic carboxylic acids is 1. The first-order chi connectivity index (χ1) is 26.5. The second kappa shape index (κ2) is 42.6. The first-order valence-corrected chi connectivity index (χ1v) is 22.1. The van der Waals surface area contributed by atoms with Crippen LogP contribution in [-0.2, 0) is 19.1 Å². The molecule has 0 heterocycles. The molecule has 0 aromatic rings. The van der Waals surface area contributed by atoms with Gasteiger partial charge in [0, 0.05) is 12.8 Å². The van der Waals surface area contributed by atoms with Crippen molar-refractivity contribution in [3.8, 4) is 0 Å². The number of hydrogen-bond donors (Lipinski definition) is 2. The lowest BCUT2D eigenvalue weighted by molar-refractivity contribution is -0.150. The maximum absolute atomic E-state index is 12.8. The Morgan fingerprint density at radius 2 is 0.926 bits per heavy atom. The number of rotatable bonds is 39. The highest BCUT2D eigenvalue weighted by molar-refractivity contribution is 5.80. The number of carboxylic acid groups (broad SMARTS) is 1. The summed E-state index contributed by atoms with van der Waals surface area (Å²) in [5.41, 5.74) is 0. The molecular weight excluding hydrogens is 671 g/mol. The van der Waals surface area contributed by atoms with E-state index >= 15 is 0 Å². The highest BCUT2D eigenvalue weighted by Gasteiger charge is 2.14. The monoisotopic (exact) mass is 752 g/mol. The number of ether oxygens (including phenoxy) is 1. The number of amides is 1. The lowest BCUT2D eigenvalue weighted by atomic mass is 10.0. The fourth-order valence-corrected chi connectivity index (χ4v) is 6.13. The standard InChI is InChI=1S/C48H81NO5/c1-3-5-7-9-11-13-15-16-17-18-19-20-21-22-23-24-26-28-30-35-39-43-48(53)54-45(40-36-32-29-27-25-14-12-10-8-6-4-2)41-37-33-31-34-38-42-46(50)49-44-47(51)52/h5,7,11-14,16-17,19-20,27,29,45H,3-4,6,8-10,15,18,21-26,28,30-44H2,1-2H3,(H,49,50)(H,51,52)/b7-5-,13-11-,14-12-,17-16-,20-19-,29-27-. The molecule has 0 aliphatic carbocycles. The van der Waals surface area contributed by atoms with E-state index in [0.717, 1.165) is 103 Å². The SMILES string of the molecule is CC/C=C\C/C=C\C/C=C\C/C=C\CCCCCCCCCCC(=O)OC(CCC/C=C\C/C=C\CCCCC)CCCCCCCC(=O)NCC(=O)O. The smallest absolute Gasteiger partial charge is 0.322 e. The van der Waals surface area contributed by atoms with Gasteiger partial charge in [0.2, 0.25) is 5.91 Å². The van der Waals surface area contributed by atoms with E-state index in [9.17, 15) is 14.4 Å². The second-order valence-corrected chi connectivity index (χ2v) is 14.6. The molecule has 0 radical (unpaired) electrons. The first-order valence-electron chi connectivity index (χ1n) is 22.1. The van der Waals surface area contributed by atoms with Crippen LogP contribution >= 0.6 is 0 Å². The second-order valence-electron chi connectivity index (χ2n) is 14.6. The summed E-state index contributed by atoms with van der Waals surface area (Å²) in [5, 5.41) is 11.1. The lowest BCUT2D eigenvalue weighted by Crippen LogP contribution is -2.28. The van der Waals surface area contributed by atoms with E-state index in [1.165, 1.54) is 70.6 Å². The predicted molar refractivity (Wildman–Crippen MR) is 231 cm³/mol. The van der Waals surface area contributed by atoms with E-state index in [1.54, 1.807) is 0 Å². The van der Waals surface area contributed by atoms with Crippen molar-refractivity contribution in [2.24, 2.45) is 0 Å². The van der Waals surface area contributed by atoms with Crippen LogP contribution in [-0.4, -0.2) is 35.6 Å². The van der Waals surface area contributed by atoms with Crippen molar-refractivity contribution in [3.63, 3.8) is 0 Å². The summed E-state index contributed by atoms with van der Waals surface area (Å²) in [6, 6.07) is 0. The lowest BCUT2D eigenvalue weighted by Gasteiger charge is -2.18.